The van der Waals surface area contributed by atoms with Crippen molar-refractivity contribution in [2.45, 2.75) is 26.8 Å². The van der Waals surface area contributed by atoms with Gasteiger partial charge >= 0.3 is 0 Å². The Morgan fingerprint density at radius 2 is 1.71 bits per heavy atom. The van der Waals surface area contributed by atoms with Gasteiger partial charge in [-0.05, 0) is 55.7 Å². The Balaban J connectivity index is 2.17. The molecule has 0 saturated heterocycles. The number of hydrogen-bond acceptors (Lipinski definition) is 2. The first kappa shape index (κ1) is 15.7. The molecule has 0 aliphatic rings. The predicted molar refractivity (Wildman–Crippen MR) is 93.7 cm³/mol. The fraction of sp³-hybridized carbons (Fsp3) is 0.333. The first-order valence-electron chi connectivity index (χ1n) is 7.19. The van der Waals surface area contributed by atoms with Crippen molar-refractivity contribution < 1.29 is 0 Å². The second-order valence-electron chi connectivity index (χ2n) is 5.77. The Morgan fingerprint density at radius 3 is 2.29 bits per heavy atom. The molecule has 21 heavy (non-hydrogen) atoms. The summed E-state index contributed by atoms with van der Waals surface area (Å²) in [7, 11) is 3.98. The molecular weight excluding hydrogens is 280 g/mol. The van der Waals surface area contributed by atoms with E-state index in [2.05, 4.69) is 50.4 Å². The standard InChI is InChI=1S/C18H23ClN2/c1-12-6-7-15(10-13(12)2)14(3)20-16-8-9-18(21(4)5)17(19)11-16/h6-11,14,20H,1-5H3. The van der Waals surface area contributed by atoms with Gasteiger partial charge in [-0.25, -0.2) is 0 Å². The smallest absolute Gasteiger partial charge is 0.0659 e. The third-order valence-electron chi connectivity index (χ3n) is 3.84. The van der Waals surface area contributed by atoms with Crippen LogP contribution in [0.2, 0.25) is 5.02 Å². The molecule has 2 nitrogen and oxygen atoms in total. The van der Waals surface area contributed by atoms with Crippen molar-refractivity contribution in [2.24, 2.45) is 0 Å². The lowest BCUT2D eigenvalue weighted by Crippen LogP contribution is -2.10. The van der Waals surface area contributed by atoms with Crippen LogP contribution in [0.25, 0.3) is 0 Å². The molecule has 0 bridgehead atoms. The maximum Gasteiger partial charge on any atom is 0.0659 e. The highest BCUT2D eigenvalue weighted by molar-refractivity contribution is 6.33. The molecule has 0 saturated carbocycles. The molecule has 0 aliphatic heterocycles. The molecule has 0 aliphatic carbocycles. The Bertz CT molecular complexity index is 635. The molecule has 0 radical (unpaired) electrons. The maximum absolute atomic E-state index is 6.32. The number of nitrogens with one attached hydrogen (secondary N) is 1. The van der Waals surface area contributed by atoms with Gasteiger partial charge < -0.3 is 10.2 Å². The van der Waals surface area contributed by atoms with Crippen LogP contribution in [0.3, 0.4) is 0 Å². The third kappa shape index (κ3) is 3.70. The largest absolute Gasteiger partial charge is 0.378 e. The van der Waals surface area contributed by atoms with E-state index in [-0.39, 0.29) is 6.04 Å². The zero-order valence-electron chi connectivity index (χ0n) is 13.4. The minimum Gasteiger partial charge on any atom is -0.378 e. The summed E-state index contributed by atoms with van der Waals surface area (Å²) in [6.45, 7) is 6.45. The van der Waals surface area contributed by atoms with E-state index in [1.807, 2.05) is 31.1 Å². The molecule has 0 aromatic heterocycles. The van der Waals surface area contributed by atoms with Gasteiger partial charge in [0.25, 0.3) is 0 Å². The topological polar surface area (TPSA) is 15.3 Å². The van der Waals surface area contributed by atoms with Gasteiger partial charge in [0.2, 0.25) is 0 Å². The summed E-state index contributed by atoms with van der Waals surface area (Å²) in [6, 6.07) is 12.9. The van der Waals surface area contributed by atoms with E-state index < -0.39 is 0 Å². The van der Waals surface area contributed by atoms with E-state index in [1.165, 1.54) is 16.7 Å². The predicted octanol–water partition coefficient (Wildman–Crippen LogP) is 5.20. The number of halogens is 1. The molecule has 112 valence electrons. The summed E-state index contributed by atoms with van der Waals surface area (Å²) in [5, 5.41) is 4.27. The van der Waals surface area contributed by atoms with Gasteiger partial charge in [0.05, 0.1) is 10.7 Å². The number of rotatable bonds is 4. The van der Waals surface area contributed by atoms with Crippen LogP contribution in [0.5, 0.6) is 0 Å². The molecule has 1 atom stereocenters. The zero-order chi connectivity index (χ0) is 15.6. The van der Waals surface area contributed by atoms with E-state index in [1.54, 1.807) is 0 Å². The number of benzene rings is 2. The molecule has 1 unspecified atom stereocenters. The Kier molecular flexibility index (Phi) is 4.79. The minimum absolute atomic E-state index is 0.241. The summed E-state index contributed by atoms with van der Waals surface area (Å²) in [4.78, 5) is 2.01. The lowest BCUT2D eigenvalue weighted by atomic mass is 10.0. The summed E-state index contributed by atoms with van der Waals surface area (Å²) < 4.78 is 0. The molecule has 1 N–H and O–H groups in total. The summed E-state index contributed by atoms with van der Waals surface area (Å²) in [5.74, 6) is 0. The van der Waals surface area contributed by atoms with Gasteiger partial charge in [0.1, 0.15) is 0 Å². The van der Waals surface area contributed by atoms with Crippen molar-refractivity contribution in [1.29, 1.82) is 0 Å². The fourth-order valence-electron chi connectivity index (χ4n) is 2.33. The molecule has 2 aromatic carbocycles. The zero-order valence-corrected chi connectivity index (χ0v) is 14.1. The number of hydrogen-bond donors (Lipinski definition) is 1. The Morgan fingerprint density at radius 1 is 1.00 bits per heavy atom. The second-order valence-corrected chi connectivity index (χ2v) is 6.18. The summed E-state index contributed by atoms with van der Waals surface area (Å²) >= 11 is 6.32. The van der Waals surface area contributed by atoms with Crippen LogP contribution in [-0.2, 0) is 0 Å². The summed E-state index contributed by atoms with van der Waals surface area (Å²) in [5.41, 5.74) is 6.00. The van der Waals surface area contributed by atoms with Crippen LogP contribution in [0.15, 0.2) is 36.4 Å². The van der Waals surface area contributed by atoms with E-state index in [0.717, 1.165) is 16.4 Å². The number of anilines is 2. The van der Waals surface area contributed by atoms with E-state index in [4.69, 9.17) is 11.6 Å². The normalized spacial score (nSPS) is 12.1. The van der Waals surface area contributed by atoms with Gasteiger partial charge in [-0.15, -0.1) is 0 Å². The number of aryl methyl sites for hydroxylation is 2. The van der Waals surface area contributed by atoms with Crippen molar-refractivity contribution >= 4 is 23.0 Å². The third-order valence-corrected chi connectivity index (χ3v) is 4.15. The van der Waals surface area contributed by atoms with Crippen molar-refractivity contribution in [3.63, 3.8) is 0 Å². The van der Waals surface area contributed by atoms with Gasteiger partial charge in [-0.2, -0.15) is 0 Å². The Labute approximate surface area is 132 Å². The van der Waals surface area contributed by atoms with Gasteiger partial charge in [-0.1, -0.05) is 29.8 Å². The highest BCUT2D eigenvalue weighted by atomic mass is 35.5. The minimum atomic E-state index is 0.241. The highest BCUT2D eigenvalue weighted by Gasteiger charge is 2.08. The SMILES string of the molecule is Cc1ccc(C(C)Nc2ccc(N(C)C)c(Cl)c2)cc1C. The molecular formula is C18H23ClN2. The lowest BCUT2D eigenvalue weighted by molar-refractivity contribution is 0.881. The molecule has 2 rings (SSSR count). The van der Waals surface area contributed by atoms with Crippen LogP contribution in [0, 0.1) is 13.8 Å². The summed E-state index contributed by atoms with van der Waals surface area (Å²) in [6.07, 6.45) is 0. The van der Waals surface area contributed by atoms with Crippen LogP contribution < -0.4 is 10.2 Å². The van der Waals surface area contributed by atoms with Crippen LogP contribution in [-0.4, -0.2) is 14.1 Å². The van der Waals surface area contributed by atoms with Crippen LogP contribution in [0.4, 0.5) is 11.4 Å². The molecule has 0 heterocycles. The molecule has 3 heteroatoms. The van der Waals surface area contributed by atoms with Crippen molar-refractivity contribution in [1.82, 2.24) is 0 Å². The van der Waals surface area contributed by atoms with E-state index >= 15 is 0 Å². The van der Waals surface area contributed by atoms with Crippen LogP contribution in [0.1, 0.15) is 29.7 Å². The highest BCUT2D eigenvalue weighted by Crippen LogP contribution is 2.29. The van der Waals surface area contributed by atoms with Gasteiger partial charge in [-0.3, -0.25) is 0 Å². The van der Waals surface area contributed by atoms with Gasteiger partial charge in [0.15, 0.2) is 0 Å². The number of nitrogens with zero attached hydrogens (tertiary/aromatic N) is 1. The molecule has 0 spiro atoms. The first-order valence-corrected chi connectivity index (χ1v) is 7.57. The lowest BCUT2D eigenvalue weighted by Gasteiger charge is -2.19. The molecule has 0 amide bonds. The van der Waals surface area contributed by atoms with Crippen molar-refractivity contribution in [3.8, 4) is 0 Å². The van der Waals surface area contributed by atoms with E-state index in [9.17, 15) is 0 Å². The van der Waals surface area contributed by atoms with E-state index in [0.29, 0.717) is 0 Å². The average Bonchev–Trinajstić information content (AvgIpc) is 2.41. The maximum atomic E-state index is 6.32. The molecule has 2 aromatic rings. The van der Waals surface area contributed by atoms with Gasteiger partial charge in [0, 0.05) is 25.8 Å². The van der Waals surface area contributed by atoms with Crippen molar-refractivity contribution in [2.75, 3.05) is 24.3 Å². The average molecular weight is 303 g/mol. The Hall–Kier alpha value is -1.67. The van der Waals surface area contributed by atoms with Crippen molar-refractivity contribution in [3.05, 3.63) is 58.1 Å². The van der Waals surface area contributed by atoms with Crippen LogP contribution >= 0.6 is 11.6 Å². The monoisotopic (exact) mass is 302 g/mol. The second kappa shape index (κ2) is 6.40. The molecule has 0 fully saturated rings. The fourth-order valence-corrected chi connectivity index (χ4v) is 2.68. The quantitative estimate of drug-likeness (QED) is 0.835. The first-order chi connectivity index (χ1) is 9.88.